The van der Waals surface area contributed by atoms with Gasteiger partial charge >= 0.3 is 6.01 Å². The van der Waals surface area contributed by atoms with Crippen LogP contribution in [-0.4, -0.2) is 28.7 Å². The van der Waals surface area contributed by atoms with Crippen LogP contribution in [0.1, 0.15) is 0 Å². The number of fused-ring (bicyclic) bond motifs is 1. The fourth-order valence-electron chi connectivity index (χ4n) is 3.49. The van der Waals surface area contributed by atoms with E-state index in [1.807, 2.05) is 84.9 Å². The molecule has 0 bridgehead atoms. The summed E-state index contributed by atoms with van der Waals surface area (Å²) in [6, 6.07) is 26.8. The Bertz CT molecular complexity index is 1160. The molecule has 0 aliphatic carbocycles. The first-order valence-electron chi connectivity index (χ1n) is 9.66. The Labute approximate surface area is 173 Å². The Balaban J connectivity index is 1.45. The quantitative estimate of drug-likeness (QED) is 0.534. The van der Waals surface area contributed by atoms with Crippen molar-refractivity contribution in [2.75, 3.05) is 22.1 Å². The third kappa shape index (κ3) is 3.48. The molecule has 0 radical (unpaired) electrons. The summed E-state index contributed by atoms with van der Waals surface area (Å²) >= 11 is 0. The molecule has 1 aliphatic rings. The molecule has 2 N–H and O–H groups in total. The predicted molar refractivity (Wildman–Crippen MR) is 116 cm³/mol. The number of benzene rings is 3. The van der Waals surface area contributed by atoms with Gasteiger partial charge in [-0.25, -0.2) is 0 Å². The van der Waals surface area contributed by atoms with Crippen molar-refractivity contribution >= 4 is 29.0 Å². The lowest BCUT2D eigenvalue weighted by atomic mass is 10.2. The lowest BCUT2D eigenvalue weighted by molar-refractivity contribution is -0.116. The van der Waals surface area contributed by atoms with E-state index in [1.54, 1.807) is 0 Å². The first kappa shape index (κ1) is 17.9. The SMILES string of the molecule is O=C1Nc2ccccc2N(c2ccccc2)C[C@@H]1Nc1nnc(-c2ccccc2)o1. The molecule has 30 heavy (non-hydrogen) atoms. The van der Waals surface area contributed by atoms with Crippen molar-refractivity contribution in [2.24, 2.45) is 0 Å². The Morgan fingerprint density at radius 3 is 2.40 bits per heavy atom. The molecule has 0 saturated carbocycles. The number of aromatic nitrogens is 2. The zero-order chi connectivity index (χ0) is 20.3. The molecule has 4 aromatic rings. The van der Waals surface area contributed by atoms with E-state index in [4.69, 9.17) is 4.42 Å². The van der Waals surface area contributed by atoms with Crippen LogP contribution >= 0.6 is 0 Å². The summed E-state index contributed by atoms with van der Waals surface area (Å²) in [7, 11) is 0. The summed E-state index contributed by atoms with van der Waals surface area (Å²) in [6.07, 6.45) is 0. The Morgan fingerprint density at radius 1 is 0.900 bits per heavy atom. The molecule has 2 heterocycles. The van der Waals surface area contributed by atoms with Crippen molar-refractivity contribution in [1.29, 1.82) is 0 Å². The highest BCUT2D eigenvalue weighted by molar-refractivity contribution is 6.02. The van der Waals surface area contributed by atoms with Crippen molar-refractivity contribution in [3.8, 4) is 11.5 Å². The number of carbonyl (C=O) groups is 1. The largest absolute Gasteiger partial charge is 0.403 e. The van der Waals surface area contributed by atoms with E-state index in [0.29, 0.717) is 12.4 Å². The van der Waals surface area contributed by atoms with E-state index in [2.05, 4.69) is 25.7 Å². The molecule has 7 nitrogen and oxygen atoms in total. The Kier molecular flexibility index (Phi) is 4.61. The number of anilines is 4. The molecule has 7 heteroatoms. The van der Waals surface area contributed by atoms with Crippen molar-refractivity contribution in [3.05, 3.63) is 84.9 Å². The topological polar surface area (TPSA) is 83.3 Å². The first-order valence-corrected chi connectivity index (χ1v) is 9.66. The molecule has 0 saturated heterocycles. The molecule has 5 rings (SSSR count). The van der Waals surface area contributed by atoms with Gasteiger partial charge in [0.25, 0.3) is 0 Å². The van der Waals surface area contributed by atoms with Crippen LogP contribution in [0, 0.1) is 0 Å². The molecule has 1 atom stereocenters. The van der Waals surface area contributed by atoms with Crippen molar-refractivity contribution in [3.63, 3.8) is 0 Å². The number of nitrogens with zero attached hydrogens (tertiary/aromatic N) is 3. The molecule has 0 unspecified atom stereocenters. The van der Waals surface area contributed by atoms with Gasteiger partial charge in [-0.3, -0.25) is 4.79 Å². The third-order valence-corrected chi connectivity index (χ3v) is 4.95. The second-order valence-electron chi connectivity index (χ2n) is 6.93. The molecule has 0 spiro atoms. The minimum absolute atomic E-state index is 0.166. The van der Waals surface area contributed by atoms with Crippen LogP contribution in [0.3, 0.4) is 0 Å². The highest BCUT2D eigenvalue weighted by Crippen LogP contribution is 2.34. The number of hydrogen-bond donors (Lipinski definition) is 2. The van der Waals surface area contributed by atoms with Crippen LogP contribution in [0.2, 0.25) is 0 Å². The van der Waals surface area contributed by atoms with E-state index in [1.165, 1.54) is 0 Å². The van der Waals surface area contributed by atoms with E-state index in [0.717, 1.165) is 22.6 Å². The third-order valence-electron chi connectivity index (χ3n) is 4.95. The molecule has 3 aromatic carbocycles. The number of carbonyl (C=O) groups excluding carboxylic acids is 1. The summed E-state index contributed by atoms with van der Waals surface area (Å²) in [5, 5.41) is 14.3. The molecule has 1 aromatic heterocycles. The summed E-state index contributed by atoms with van der Waals surface area (Å²) in [6.45, 7) is 0.399. The van der Waals surface area contributed by atoms with Gasteiger partial charge in [0.2, 0.25) is 11.8 Å². The van der Waals surface area contributed by atoms with Gasteiger partial charge in [0, 0.05) is 11.3 Å². The standard InChI is InChI=1S/C23H19N5O2/c29-21-19(25-23-27-26-22(30-23)16-9-3-1-4-10-16)15-28(17-11-5-2-6-12-17)20-14-8-7-13-18(20)24-21/h1-14,19H,15H2,(H,24,29)(H,25,27)/t19-/m0/s1. The lowest BCUT2D eigenvalue weighted by Gasteiger charge is -2.26. The predicted octanol–water partition coefficient (Wildman–Crippen LogP) is 4.31. The van der Waals surface area contributed by atoms with Gasteiger partial charge in [-0.1, -0.05) is 53.6 Å². The van der Waals surface area contributed by atoms with E-state index in [-0.39, 0.29) is 11.9 Å². The highest BCUT2D eigenvalue weighted by Gasteiger charge is 2.30. The Hall–Kier alpha value is -4.13. The van der Waals surface area contributed by atoms with Crippen LogP contribution in [0.15, 0.2) is 89.3 Å². The smallest absolute Gasteiger partial charge is 0.316 e. The fourth-order valence-corrected chi connectivity index (χ4v) is 3.49. The zero-order valence-electron chi connectivity index (χ0n) is 16.0. The summed E-state index contributed by atoms with van der Waals surface area (Å²) in [4.78, 5) is 15.0. The average molecular weight is 397 g/mol. The fraction of sp³-hybridized carbons (Fsp3) is 0.0870. The van der Waals surface area contributed by atoms with Gasteiger partial charge in [0.05, 0.1) is 17.9 Å². The number of nitrogens with one attached hydrogen (secondary N) is 2. The van der Waals surface area contributed by atoms with Gasteiger partial charge in [-0.05, 0) is 36.4 Å². The van der Waals surface area contributed by atoms with Gasteiger partial charge in [0.15, 0.2) is 0 Å². The lowest BCUT2D eigenvalue weighted by Crippen LogP contribution is -2.40. The maximum absolute atomic E-state index is 12.9. The van der Waals surface area contributed by atoms with Gasteiger partial charge in [-0.2, -0.15) is 0 Å². The Morgan fingerprint density at radius 2 is 1.60 bits per heavy atom. The van der Waals surface area contributed by atoms with E-state index >= 15 is 0 Å². The van der Waals surface area contributed by atoms with Crippen LogP contribution in [0.4, 0.5) is 23.1 Å². The van der Waals surface area contributed by atoms with Crippen LogP contribution in [0.5, 0.6) is 0 Å². The van der Waals surface area contributed by atoms with Crippen LogP contribution in [0.25, 0.3) is 11.5 Å². The van der Waals surface area contributed by atoms with Crippen molar-refractivity contribution in [1.82, 2.24) is 10.2 Å². The second kappa shape index (κ2) is 7.71. The van der Waals surface area contributed by atoms with Gasteiger partial charge in [-0.15, -0.1) is 5.10 Å². The molecular formula is C23H19N5O2. The maximum atomic E-state index is 12.9. The van der Waals surface area contributed by atoms with Gasteiger partial charge < -0.3 is 20.0 Å². The minimum Gasteiger partial charge on any atom is -0.403 e. The van der Waals surface area contributed by atoms with Gasteiger partial charge in [0.1, 0.15) is 6.04 Å². The maximum Gasteiger partial charge on any atom is 0.316 e. The first-order chi connectivity index (χ1) is 14.8. The molecule has 1 amide bonds. The summed E-state index contributed by atoms with van der Waals surface area (Å²) in [5.41, 5.74) is 3.49. The monoisotopic (exact) mass is 397 g/mol. The van der Waals surface area contributed by atoms with Crippen molar-refractivity contribution in [2.45, 2.75) is 6.04 Å². The number of hydrogen-bond acceptors (Lipinski definition) is 6. The highest BCUT2D eigenvalue weighted by atomic mass is 16.4. The normalized spacial score (nSPS) is 15.8. The minimum atomic E-state index is -0.596. The number of para-hydroxylation sites is 3. The summed E-state index contributed by atoms with van der Waals surface area (Å²) < 4.78 is 5.75. The van der Waals surface area contributed by atoms with E-state index in [9.17, 15) is 4.79 Å². The molecular weight excluding hydrogens is 378 g/mol. The van der Waals surface area contributed by atoms with Crippen LogP contribution < -0.4 is 15.5 Å². The molecule has 1 aliphatic heterocycles. The zero-order valence-corrected chi connectivity index (χ0v) is 16.0. The number of rotatable bonds is 4. The number of amides is 1. The summed E-state index contributed by atoms with van der Waals surface area (Å²) in [5.74, 6) is 0.232. The van der Waals surface area contributed by atoms with E-state index < -0.39 is 6.04 Å². The molecule has 0 fully saturated rings. The molecule has 148 valence electrons. The van der Waals surface area contributed by atoms with Crippen LogP contribution in [-0.2, 0) is 4.79 Å². The average Bonchev–Trinajstić information content (AvgIpc) is 3.21. The second-order valence-corrected chi connectivity index (χ2v) is 6.93. The van der Waals surface area contributed by atoms with Crippen molar-refractivity contribution < 1.29 is 9.21 Å².